The normalized spacial score (nSPS) is 14.0. The minimum Gasteiger partial charge on any atom is -0.462 e. The first-order chi connectivity index (χ1) is 32.2. The molecule has 0 aromatic rings. The van der Waals surface area contributed by atoms with E-state index in [4.69, 9.17) is 23.3 Å². The molecular formula is C54H95O11P. The molecule has 0 aliphatic carbocycles. The molecule has 12 heteroatoms. The van der Waals surface area contributed by atoms with Crippen molar-refractivity contribution in [1.82, 2.24) is 0 Å². The van der Waals surface area contributed by atoms with Crippen LogP contribution in [0.4, 0.5) is 0 Å². The van der Waals surface area contributed by atoms with Crippen molar-refractivity contribution in [2.45, 2.75) is 238 Å². The van der Waals surface area contributed by atoms with Gasteiger partial charge in [-0.1, -0.05) is 210 Å². The van der Waals surface area contributed by atoms with Crippen LogP contribution < -0.4 is 0 Å². The lowest BCUT2D eigenvalue weighted by Gasteiger charge is -2.21. The van der Waals surface area contributed by atoms with Gasteiger partial charge in [-0.2, -0.15) is 0 Å². The van der Waals surface area contributed by atoms with Crippen molar-refractivity contribution in [3.05, 3.63) is 60.8 Å². The molecule has 382 valence electrons. The van der Waals surface area contributed by atoms with Gasteiger partial charge in [-0.3, -0.25) is 23.4 Å². The van der Waals surface area contributed by atoms with Crippen LogP contribution in [0.1, 0.15) is 226 Å². The van der Waals surface area contributed by atoms with Crippen LogP contribution >= 0.6 is 7.82 Å². The number of carbonyl (C=O) groups excluding carboxylic acids is 3. The molecule has 0 saturated heterocycles. The number of phosphoric ester groups is 1. The molecule has 0 aliphatic rings. The number of aliphatic hydroxyl groups is 1. The first kappa shape index (κ1) is 63.2. The lowest BCUT2D eigenvalue weighted by Crippen LogP contribution is -2.30. The molecule has 66 heavy (non-hydrogen) atoms. The molecular weight excluding hydrogens is 856 g/mol. The summed E-state index contributed by atoms with van der Waals surface area (Å²) in [6.45, 7) is 4.44. The van der Waals surface area contributed by atoms with Crippen molar-refractivity contribution in [3.8, 4) is 0 Å². The van der Waals surface area contributed by atoms with Crippen molar-refractivity contribution in [2.24, 2.45) is 0 Å². The molecule has 0 aromatic heterocycles. The first-order valence-electron chi connectivity index (χ1n) is 26.2. The van der Waals surface area contributed by atoms with Crippen molar-refractivity contribution in [3.63, 3.8) is 0 Å². The molecule has 0 heterocycles. The van der Waals surface area contributed by atoms with E-state index in [9.17, 15) is 28.9 Å². The molecule has 0 spiro atoms. The number of hydrogen-bond acceptors (Lipinski definition) is 10. The highest BCUT2D eigenvalue weighted by Crippen LogP contribution is 2.43. The van der Waals surface area contributed by atoms with Gasteiger partial charge in [-0.15, -0.1) is 0 Å². The summed E-state index contributed by atoms with van der Waals surface area (Å²) in [5.41, 5.74) is 0. The number of hydrogen-bond donors (Lipinski definition) is 2. The van der Waals surface area contributed by atoms with Gasteiger partial charge in [0.2, 0.25) is 0 Å². The van der Waals surface area contributed by atoms with Gasteiger partial charge in [0.05, 0.1) is 19.8 Å². The number of unbranched alkanes of at least 4 members (excludes halogenated alkanes) is 21. The Balaban J connectivity index is 4.82. The number of carbonyl (C=O) groups is 3. The van der Waals surface area contributed by atoms with Crippen LogP contribution in [0, 0.1) is 0 Å². The highest BCUT2D eigenvalue weighted by Gasteiger charge is 2.28. The van der Waals surface area contributed by atoms with E-state index in [-0.39, 0.29) is 25.9 Å². The Morgan fingerprint density at radius 2 is 0.788 bits per heavy atom. The number of allylic oxidation sites excluding steroid dienone is 10. The van der Waals surface area contributed by atoms with E-state index in [2.05, 4.69) is 69.4 Å². The monoisotopic (exact) mass is 951 g/mol. The fourth-order valence-electron chi connectivity index (χ4n) is 6.98. The Hall–Kier alpha value is -2.82. The van der Waals surface area contributed by atoms with Gasteiger partial charge in [-0.25, -0.2) is 4.57 Å². The van der Waals surface area contributed by atoms with Gasteiger partial charge in [0.25, 0.3) is 0 Å². The predicted octanol–water partition coefficient (Wildman–Crippen LogP) is 14.8. The fraction of sp³-hybridized carbons (Fsp3) is 0.759. The maximum absolute atomic E-state index is 12.8. The molecule has 3 unspecified atom stereocenters. The van der Waals surface area contributed by atoms with E-state index < -0.39 is 57.8 Å². The first-order valence-corrected chi connectivity index (χ1v) is 27.7. The Labute approximate surface area is 402 Å². The molecule has 0 aromatic carbocycles. The van der Waals surface area contributed by atoms with Crippen LogP contribution in [0.5, 0.6) is 0 Å². The van der Waals surface area contributed by atoms with Gasteiger partial charge in [0.15, 0.2) is 6.10 Å². The number of ether oxygens (including phenoxy) is 3. The maximum atomic E-state index is 12.8. The van der Waals surface area contributed by atoms with Crippen molar-refractivity contribution < 1.29 is 52.2 Å². The zero-order valence-corrected chi connectivity index (χ0v) is 42.8. The van der Waals surface area contributed by atoms with Crippen LogP contribution in [0.15, 0.2) is 60.8 Å². The summed E-state index contributed by atoms with van der Waals surface area (Å²) in [6.07, 6.45) is 50.6. The third-order valence-electron chi connectivity index (χ3n) is 11.0. The van der Waals surface area contributed by atoms with Crippen LogP contribution in [-0.4, -0.2) is 66.5 Å². The second-order valence-corrected chi connectivity index (χ2v) is 18.8. The molecule has 11 nitrogen and oxygen atoms in total. The van der Waals surface area contributed by atoms with Crippen LogP contribution in [0.25, 0.3) is 0 Å². The summed E-state index contributed by atoms with van der Waals surface area (Å²) in [5, 5.41) is 9.76. The van der Waals surface area contributed by atoms with Gasteiger partial charge in [0.1, 0.15) is 12.7 Å². The molecule has 0 fully saturated rings. The summed E-state index contributed by atoms with van der Waals surface area (Å²) in [4.78, 5) is 48.2. The standard InChI is InChI=1S/C54H95O11P/c1-4-7-10-13-16-19-22-23-24-25-26-27-30-33-36-39-42-45-54(58)65-51(47-61-52(56)43-40-37-34-31-28-20-17-14-11-8-5-2)49-63-66(59,60)62-48-50(46-55)64-53(57)44-41-38-35-32-29-21-18-15-12-9-6-3/h7,10,16,19,23-24,26-27,33,36,50-51,55H,4-6,8-9,11-15,17-18,20-22,25,28-32,34-35,37-49H2,1-3H3,(H,59,60)/b10-7-,19-16-,24-23-,27-26-,36-33-. The zero-order chi connectivity index (χ0) is 48.4. The molecule has 0 radical (unpaired) electrons. The van der Waals surface area contributed by atoms with E-state index in [0.717, 1.165) is 70.6 Å². The Morgan fingerprint density at radius 3 is 1.21 bits per heavy atom. The average molecular weight is 951 g/mol. The highest BCUT2D eigenvalue weighted by atomic mass is 31.2. The van der Waals surface area contributed by atoms with Crippen LogP contribution in [0.3, 0.4) is 0 Å². The largest absolute Gasteiger partial charge is 0.472 e. The smallest absolute Gasteiger partial charge is 0.462 e. The summed E-state index contributed by atoms with van der Waals surface area (Å²) in [7, 11) is -4.75. The molecule has 0 amide bonds. The number of phosphoric acid groups is 1. The summed E-state index contributed by atoms with van der Waals surface area (Å²) >= 11 is 0. The third-order valence-corrected chi connectivity index (χ3v) is 11.9. The van der Waals surface area contributed by atoms with Crippen LogP contribution in [-0.2, 0) is 42.2 Å². The molecule has 3 atom stereocenters. The second-order valence-electron chi connectivity index (χ2n) is 17.3. The van der Waals surface area contributed by atoms with Crippen molar-refractivity contribution >= 4 is 25.7 Å². The minimum atomic E-state index is -4.75. The van der Waals surface area contributed by atoms with E-state index >= 15 is 0 Å². The summed E-state index contributed by atoms with van der Waals surface area (Å²) < 4.78 is 39.3. The highest BCUT2D eigenvalue weighted by molar-refractivity contribution is 7.47. The lowest BCUT2D eigenvalue weighted by molar-refractivity contribution is -0.161. The van der Waals surface area contributed by atoms with Gasteiger partial charge in [0, 0.05) is 19.3 Å². The second kappa shape index (κ2) is 48.6. The summed E-state index contributed by atoms with van der Waals surface area (Å²) in [5.74, 6) is -1.53. The maximum Gasteiger partial charge on any atom is 0.472 e. The lowest BCUT2D eigenvalue weighted by atomic mass is 10.1. The molecule has 0 saturated carbocycles. The topological polar surface area (TPSA) is 155 Å². The van der Waals surface area contributed by atoms with Gasteiger partial charge in [-0.05, 0) is 57.8 Å². The van der Waals surface area contributed by atoms with Crippen molar-refractivity contribution in [1.29, 1.82) is 0 Å². The molecule has 2 N–H and O–H groups in total. The number of aliphatic hydroxyl groups excluding tert-OH is 1. The quantitative estimate of drug-likeness (QED) is 0.0197. The number of rotatable bonds is 48. The SMILES string of the molecule is CC/C=C\C/C=C\C/C=C\C/C=C\C/C=C\CCCC(=O)OC(COC(=O)CCCCCCCCCCCCC)COP(=O)(O)OCC(CO)OC(=O)CCCCCCCCCCCCC. The minimum absolute atomic E-state index is 0.0908. The molecule has 0 rings (SSSR count). The zero-order valence-electron chi connectivity index (χ0n) is 41.9. The van der Waals surface area contributed by atoms with Gasteiger partial charge < -0.3 is 24.2 Å². The summed E-state index contributed by atoms with van der Waals surface area (Å²) in [6, 6.07) is 0. The number of esters is 3. The Bertz CT molecular complexity index is 1340. The average Bonchev–Trinajstić information content (AvgIpc) is 3.30. The van der Waals surface area contributed by atoms with E-state index in [0.29, 0.717) is 25.7 Å². The van der Waals surface area contributed by atoms with E-state index in [1.165, 1.54) is 89.9 Å². The third kappa shape index (κ3) is 46.3. The van der Waals surface area contributed by atoms with E-state index in [1.54, 1.807) is 0 Å². The van der Waals surface area contributed by atoms with E-state index in [1.807, 2.05) is 12.2 Å². The van der Waals surface area contributed by atoms with Crippen LogP contribution in [0.2, 0.25) is 0 Å². The van der Waals surface area contributed by atoms with Crippen molar-refractivity contribution in [2.75, 3.05) is 26.4 Å². The molecule has 0 bridgehead atoms. The Morgan fingerprint density at radius 1 is 0.439 bits per heavy atom. The molecule has 0 aliphatic heterocycles. The Kier molecular flexibility index (Phi) is 46.6. The fourth-order valence-corrected chi connectivity index (χ4v) is 7.76. The predicted molar refractivity (Wildman–Crippen MR) is 270 cm³/mol. The van der Waals surface area contributed by atoms with Gasteiger partial charge >= 0.3 is 25.7 Å².